The normalized spacial score (nSPS) is 14.0. The minimum absolute atomic E-state index is 0.131. The van der Waals surface area contributed by atoms with Gasteiger partial charge >= 0.3 is 6.18 Å². The summed E-state index contributed by atoms with van der Waals surface area (Å²) in [6.07, 6.45) is -3.06. The highest BCUT2D eigenvalue weighted by molar-refractivity contribution is 6.01. The number of hydrogen-bond acceptors (Lipinski definition) is 3. The highest BCUT2D eigenvalue weighted by atomic mass is 19.4. The molecule has 31 heavy (non-hydrogen) atoms. The fourth-order valence-corrected chi connectivity index (χ4v) is 3.37. The molecule has 0 saturated heterocycles. The van der Waals surface area contributed by atoms with Crippen molar-refractivity contribution in [2.24, 2.45) is 0 Å². The van der Waals surface area contributed by atoms with Gasteiger partial charge in [0.1, 0.15) is 11.5 Å². The third-order valence-electron chi connectivity index (χ3n) is 4.90. The summed E-state index contributed by atoms with van der Waals surface area (Å²) in [6.45, 7) is 0. The summed E-state index contributed by atoms with van der Waals surface area (Å²) >= 11 is 0. The molecule has 0 bridgehead atoms. The molecule has 0 saturated carbocycles. The summed E-state index contributed by atoms with van der Waals surface area (Å²) in [5, 5.41) is 5.30. The van der Waals surface area contributed by atoms with E-state index in [4.69, 9.17) is 0 Å². The van der Waals surface area contributed by atoms with Crippen LogP contribution in [0.15, 0.2) is 60.8 Å². The number of halogens is 4. The molecule has 1 aliphatic heterocycles. The first-order chi connectivity index (χ1) is 14.7. The Morgan fingerprint density at radius 2 is 1.84 bits per heavy atom. The van der Waals surface area contributed by atoms with Gasteiger partial charge in [0.05, 0.1) is 18.0 Å². The fraction of sp³-hybridized carbons (Fsp3) is 0.136. The summed E-state index contributed by atoms with van der Waals surface area (Å²) in [5.74, 6) is -1.49. The number of rotatable bonds is 4. The lowest BCUT2D eigenvalue weighted by atomic mass is 10.00. The highest BCUT2D eigenvalue weighted by Crippen LogP contribution is 2.31. The molecule has 1 aromatic heterocycles. The van der Waals surface area contributed by atoms with E-state index < -0.39 is 29.5 Å². The van der Waals surface area contributed by atoms with Crippen LogP contribution in [-0.2, 0) is 17.4 Å². The maximum absolute atomic E-state index is 14.4. The van der Waals surface area contributed by atoms with Crippen molar-refractivity contribution in [1.82, 2.24) is 10.3 Å². The first-order valence-electron chi connectivity index (χ1n) is 9.23. The number of carbonyl (C=O) groups excluding carboxylic acids is 2. The Balaban J connectivity index is 1.67. The number of aromatic nitrogens is 1. The molecule has 9 heteroatoms. The Morgan fingerprint density at radius 3 is 2.52 bits per heavy atom. The molecule has 3 aromatic rings. The van der Waals surface area contributed by atoms with Gasteiger partial charge in [0.15, 0.2) is 0 Å². The topological polar surface area (TPSA) is 71.1 Å². The van der Waals surface area contributed by atoms with E-state index >= 15 is 0 Å². The zero-order chi connectivity index (χ0) is 22.2. The monoisotopic (exact) mass is 429 g/mol. The van der Waals surface area contributed by atoms with Gasteiger partial charge in [0.2, 0.25) is 5.91 Å². The van der Waals surface area contributed by atoms with Gasteiger partial charge in [-0.2, -0.15) is 13.2 Å². The van der Waals surface area contributed by atoms with Crippen molar-refractivity contribution in [3.63, 3.8) is 0 Å². The number of anilines is 1. The third kappa shape index (κ3) is 4.25. The van der Waals surface area contributed by atoms with Gasteiger partial charge in [-0.3, -0.25) is 14.6 Å². The number of carbonyl (C=O) groups is 2. The molecular weight excluding hydrogens is 414 g/mol. The predicted octanol–water partition coefficient (Wildman–Crippen LogP) is 4.25. The van der Waals surface area contributed by atoms with Gasteiger partial charge in [-0.1, -0.05) is 12.1 Å². The van der Waals surface area contributed by atoms with Crippen LogP contribution in [0, 0.1) is 5.82 Å². The van der Waals surface area contributed by atoms with Gasteiger partial charge in [-0.15, -0.1) is 0 Å². The van der Waals surface area contributed by atoms with Gasteiger partial charge < -0.3 is 10.6 Å². The summed E-state index contributed by atoms with van der Waals surface area (Å²) in [6, 6.07) is 10.1. The molecule has 4 rings (SSSR count). The smallest absolute Gasteiger partial charge is 0.339 e. The molecule has 2 heterocycles. The number of benzene rings is 2. The van der Waals surface area contributed by atoms with Crippen molar-refractivity contribution in [1.29, 1.82) is 0 Å². The molecule has 158 valence electrons. The van der Waals surface area contributed by atoms with Crippen molar-refractivity contribution in [2.45, 2.75) is 18.6 Å². The molecule has 0 radical (unpaired) electrons. The number of pyridine rings is 1. The van der Waals surface area contributed by atoms with E-state index in [1.165, 1.54) is 30.5 Å². The van der Waals surface area contributed by atoms with E-state index in [2.05, 4.69) is 15.6 Å². The van der Waals surface area contributed by atoms with E-state index in [9.17, 15) is 27.2 Å². The number of hydrogen-bond donors (Lipinski definition) is 2. The second kappa shape index (κ2) is 7.82. The van der Waals surface area contributed by atoms with Crippen LogP contribution in [0.3, 0.4) is 0 Å². The first-order valence-corrected chi connectivity index (χ1v) is 9.23. The van der Waals surface area contributed by atoms with E-state index in [1.54, 1.807) is 12.1 Å². The van der Waals surface area contributed by atoms with Crippen LogP contribution in [0.4, 0.5) is 23.2 Å². The average molecular weight is 429 g/mol. The lowest BCUT2D eigenvalue weighted by Gasteiger charge is -2.20. The van der Waals surface area contributed by atoms with Crippen LogP contribution in [0.1, 0.15) is 38.8 Å². The highest BCUT2D eigenvalue weighted by Gasteiger charge is 2.31. The maximum atomic E-state index is 14.4. The van der Waals surface area contributed by atoms with Crippen LogP contribution in [0.2, 0.25) is 0 Å². The summed E-state index contributed by atoms with van der Waals surface area (Å²) in [5.41, 5.74) is 0.719. The molecule has 1 aliphatic rings. The SMILES string of the molecule is O=C1Cc2cc(C(=O)N[C@@H](c3ccc(C(F)(F)F)cc3)c3ncccc3F)ccc2N1. The average Bonchev–Trinajstić information content (AvgIpc) is 3.11. The number of nitrogens with zero attached hydrogens (tertiary/aromatic N) is 1. The molecular formula is C22H15F4N3O2. The number of amides is 2. The maximum Gasteiger partial charge on any atom is 0.416 e. The van der Waals surface area contributed by atoms with Crippen molar-refractivity contribution >= 4 is 17.5 Å². The molecule has 2 N–H and O–H groups in total. The predicted molar refractivity (Wildman–Crippen MR) is 104 cm³/mol. The quantitative estimate of drug-likeness (QED) is 0.609. The molecule has 0 aliphatic carbocycles. The third-order valence-corrected chi connectivity index (χ3v) is 4.90. The van der Waals surface area contributed by atoms with Crippen LogP contribution in [0.25, 0.3) is 0 Å². The molecule has 0 fully saturated rings. The van der Waals surface area contributed by atoms with Gasteiger partial charge in [-0.25, -0.2) is 4.39 Å². The fourth-order valence-electron chi connectivity index (χ4n) is 3.37. The molecule has 0 unspecified atom stereocenters. The van der Waals surface area contributed by atoms with Crippen molar-refractivity contribution < 1.29 is 27.2 Å². The number of alkyl halides is 3. The minimum atomic E-state index is -4.52. The molecule has 1 atom stereocenters. The summed E-state index contributed by atoms with van der Waals surface area (Å²) in [7, 11) is 0. The lowest BCUT2D eigenvalue weighted by Crippen LogP contribution is -2.30. The Bertz CT molecular complexity index is 1160. The van der Waals surface area contributed by atoms with Crippen LogP contribution in [-0.4, -0.2) is 16.8 Å². The largest absolute Gasteiger partial charge is 0.416 e. The van der Waals surface area contributed by atoms with E-state index in [0.29, 0.717) is 11.3 Å². The standard InChI is InChI=1S/C22H15F4N3O2/c23-16-2-1-9-27-20(16)19(12-3-6-15(7-4-12)22(24,25)26)29-21(31)13-5-8-17-14(10-13)11-18(30)28-17/h1-10,19H,11H2,(H,28,30)(H,29,31)/t19-/m0/s1. The lowest BCUT2D eigenvalue weighted by molar-refractivity contribution is -0.137. The van der Waals surface area contributed by atoms with Crippen LogP contribution < -0.4 is 10.6 Å². The number of nitrogens with one attached hydrogen (secondary N) is 2. The van der Waals surface area contributed by atoms with Crippen LogP contribution in [0.5, 0.6) is 0 Å². The first kappa shape index (κ1) is 20.5. The minimum Gasteiger partial charge on any atom is -0.339 e. The molecule has 5 nitrogen and oxygen atoms in total. The zero-order valence-corrected chi connectivity index (χ0v) is 15.8. The number of fused-ring (bicyclic) bond motifs is 1. The molecule has 2 aromatic carbocycles. The van der Waals surface area contributed by atoms with Crippen LogP contribution >= 0.6 is 0 Å². The Kier molecular flexibility index (Phi) is 5.18. The second-order valence-electron chi connectivity index (χ2n) is 6.99. The van der Waals surface area contributed by atoms with Crippen molar-refractivity contribution in [3.8, 4) is 0 Å². The zero-order valence-electron chi connectivity index (χ0n) is 15.8. The second-order valence-corrected chi connectivity index (χ2v) is 6.99. The molecule has 0 spiro atoms. The van der Waals surface area contributed by atoms with Crippen molar-refractivity contribution in [2.75, 3.05) is 5.32 Å². The Labute approximate surface area is 174 Å². The Morgan fingerprint density at radius 1 is 1.10 bits per heavy atom. The van der Waals surface area contributed by atoms with E-state index in [1.807, 2.05) is 0 Å². The van der Waals surface area contributed by atoms with Gasteiger partial charge in [0, 0.05) is 17.4 Å². The Hall–Kier alpha value is -3.75. The van der Waals surface area contributed by atoms with Gasteiger partial charge in [0.25, 0.3) is 5.91 Å². The summed E-state index contributed by atoms with van der Waals surface area (Å²) < 4.78 is 53.1. The summed E-state index contributed by atoms with van der Waals surface area (Å²) in [4.78, 5) is 28.4. The van der Waals surface area contributed by atoms with Crippen molar-refractivity contribution in [3.05, 3.63) is 94.6 Å². The van der Waals surface area contributed by atoms with E-state index in [0.717, 1.165) is 18.2 Å². The van der Waals surface area contributed by atoms with Gasteiger partial charge in [-0.05, 0) is 53.6 Å². The molecule has 2 amide bonds. The van der Waals surface area contributed by atoms with E-state index in [-0.39, 0.29) is 29.1 Å².